The second-order valence-electron chi connectivity index (χ2n) is 7.39. The van der Waals surface area contributed by atoms with E-state index in [1.165, 1.54) is 4.90 Å². The number of imide groups is 1. The summed E-state index contributed by atoms with van der Waals surface area (Å²) in [6.45, 7) is 4.11. The quantitative estimate of drug-likeness (QED) is 0.660. The number of hydrogen-bond acceptors (Lipinski definition) is 5. The Morgan fingerprint density at radius 2 is 2.00 bits per heavy atom. The summed E-state index contributed by atoms with van der Waals surface area (Å²) in [7, 11) is 1.59. The van der Waals surface area contributed by atoms with Crippen LogP contribution in [0.25, 0.3) is 5.70 Å². The first kappa shape index (κ1) is 15.6. The highest BCUT2D eigenvalue weighted by Crippen LogP contribution is 2.61. The average molecular weight is 352 g/mol. The summed E-state index contributed by atoms with van der Waals surface area (Å²) in [5, 5.41) is 0. The van der Waals surface area contributed by atoms with Crippen molar-refractivity contribution >= 4 is 17.5 Å². The number of ether oxygens (including phenoxy) is 1. The smallest absolute Gasteiger partial charge is 0.233 e. The highest BCUT2D eigenvalue weighted by Gasteiger charge is 2.67. The van der Waals surface area contributed by atoms with Gasteiger partial charge in [-0.25, -0.2) is 0 Å². The summed E-state index contributed by atoms with van der Waals surface area (Å²) in [6, 6.07) is 7.79. The molecule has 2 saturated carbocycles. The SMILES string of the molecule is C=CCOc1ccc(C2=C3[C@H]4C[C@H]([C@H]5C(=O)N(C)C(=O)[C@H]54)[C@H]3ON2)cc1. The summed E-state index contributed by atoms with van der Waals surface area (Å²) in [5.41, 5.74) is 6.14. The van der Waals surface area contributed by atoms with E-state index < -0.39 is 0 Å². The average Bonchev–Trinajstić information content (AvgIpc) is 3.38. The summed E-state index contributed by atoms with van der Waals surface area (Å²) in [6.07, 6.45) is 2.45. The van der Waals surface area contributed by atoms with Gasteiger partial charge in [0.1, 0.15) is 18.5 Å². The van der Waals surface area contributed by atoms with Gasteiger partial charge in [-0.05, 0) is 42.2 Å². The lowest BCUT2D eigenvalue weighted by molar-refractivity contribution is -0.139. The summed E-state index contributed by atoms with van der Waals surface area (Å²) < 4.78 is 5.53. The van der Waals surface area contributed by atoms with Crippen LogP contribution in [0.4, 0.5) is 0 Å². The van der Waals surface area contributed by atoms with Crippen molar-refractivity contribution in [3.63, 3.8) is 0 Å². The number of amides is 2. The molecule has 5 atom stereocenters. The van der Waals surface area contributed by atoms with Crippen LogP contribution in [0, 0.1) is 23.7 Å². The Bertz CT molecular complexity index is 844. The number of carbonyl (C=O) groups is 2. The normalized spacial score (nSPS) is 34.2. The third kappa shape index (κ3) is 1.90. The van der Waals surface area contributed by atoms with Gasteiger partial charge in [0, 0.05) is 18.5 Å². The predicted molar refractivity (Wildman–Crippen MR) is 93.4 cm³/mol. The number of hydrogen-bond donors (Lipinski definition) is 1. The number of fused-ring (bicyclic) bond motifs is 8. The van der Waals surface area contributed by atoms with E-state index in [4.69, 9.17) is 9.57 Å². The molecular formula is C20H20N2O4. The zero-order valence-electron chi connectivity index (χ0n) is 14.5. The molecule has 1 N–H and O–H groups in total. The largest absolute Gasteiger partial charge is 0.490 e. The number of likely N-dealkylation sites (tertiary alicyclic amines) is 1. The Balaban J connectivity index is 1.49. The Kier molecular flexibility index (Phi) is 3.28. The molecule has 0 radical (unpaired) electrons. The Labute approximate surface area is 151 Å². The van der Waals surface area contributed by atoms with Gasteiger partial charge in [-0.2, -0.15) is 0 Å². The van der Waals surface area contributed by atoms with Crippen LogP contribution in [0.3, 0.4) is 0 Å². The Hall–Kier alpha value is -2.60. The third-order valence-corrected chi connectivity index (χ3v) is 6.22. The molecule has 134 valence electrons. The van der Waals surface area contributed by atoms with Gasteiger partial charge in [-0.15, -0.1) is 0 Å². The molecule has 4 aliphatic rings. The minimum Gasteiger partial charge on any atom is -0.490 e. The van der Waals surface area contributed by atoms with Crippen molar-refractivity contribution in [2.45, 2.75) is 12.5 Å². The molecule has 0 aromatic heterocycles. The van der Waals surface area contributed by atoms with Gasteiger partial charge in [-0.3, -0.25) is 24.8 Å². The van der Waals surface area contributed by atoms with Gasteiger partial charge in [-0.1, -0.05) is 12.7 Å². The number of nitrogens with zero attached hydrogens (tertiary/aromatic N) is 1. The molecular weight excluding hydrogens is 332 g/mol. The fourth-order valence-corrected chi connectivity index (χ4v) is 5.15. The minimum atomic E-state index is -0.225. The number of hydroxylamine groups is 1. The molecule has 2 aliphatic heterocycles. The van der Waals surface area contributed by atoms with Gasteiger partial charge in [0.05, 0.1) is 17.5 Å². The Morgan fingerprint density at radius 3 is 2.73 bits per heavy atom. The highest BCUT2D eigenvalue weighted by molar-refractivity contribution is 6.06. The van der Waals surface area contributed by atoms with Gasteiger partial charge in [0.2, 0.25) is 11.8 Å². The zero-order chi connectivity index (χ0) is 18.0. The van der Waals surface area contributed by atoms with Crippen LogP contribution < -0.4 is 10.2 Å². The summed E-state index contributed by atoms with van der Waals surface area (Å²) in [4.78, 5) is 32.2. The number of nitrogens with one attached hydrogen (secondary N) is 1. The number of rotatable bonds is 4. The monoisotopic (exact) mass is 352 g/mol. The third-order valence-electron chi connectivity index (χ3n) is 6.22. The second-order valence-corrected chi connectivity index (χ2v) is 7.39. The van der Waals surface area contributed by atoms with E-state index in [0.29, 0.717) is 6.61 Å². The maximum absolute atomic E-state index is 12.6. The van der Waals surface area contributed by atoms with Crippen molar-refractivity contribution < 1.29 is 19.2 Å². The number of benzene rings is 1. The molecule has 0 unspecified atom stereocenters. The molecule has 1 aromatic carbocycles. The zero-order valence-corrected chi connectivity index (χ0v) is 14.5. The molecule has 2 aliphatic carbocycles. The molecule has 0 spiro atoms. The van der Waals surface area contributed by atoms with E-state index >= 15 is 0 Å². The molecule has 6 heteroatoms. The predicted octanol–water partition coefficient (Wildman–Crippen LogP) is 1.75. The van der Waals surface area contributed by atoms with E-state index in [0.717, 1.165) is 29.0 Å². The van der Waals surface area contributed by atoms with Crippen molar-refractivity contribution in [2.75, 3.05) is 13.7 Å². The van der Waals surface area contributed by atoms with E-state index in [1.54, 1.807) is 13.1 Å². The first-order valence-corrected chi connectivity index (χ1v) is 8.93. The molecule has 6 nitrogen and oxygen atoms in total. The Morgan fingerprint density at radius 1 is 1.27 bits per heavy atom. The van der Waals surface area contributed by atoms with Crippen LogP contribution in [0.1, 0.15) is 12.0 Å². The lowest BCUT2D eigenvalue weighted by Crippen LogP contribution is -2.35. The van der Waals surface area contributed by atoms with Crippen molar-refractivity contribution in [1.29, 1.82) is 0 Å². The van der Waals surface area contributed by atoms with Gasteiger partial charge in [0.15, 0.2) is 0 Å². The van der Waals surface area contributed by atoms with E-state index in [9.17, 15) is 9.59 Å². The maximum Gasteiger partial charge on any atom is 0.233 e. The van der Waals surface area contributed by atoms with Crippen LogP contribution in [-0.2, 0) is 14.4 Å². The van der Waals surface area contributed by atoms with Crippen LogP contribution in [-0.4, -0.2) is 36.5 Å². The lowest BCUT2D eigenvalue weighted by atomic mass is 9.76. The fraction of sp³-hybridized carbons (Fsp3) is 0.400. The van der Waals surface area contributed by atoms with Crippen LogP contribution in [0.15, 0.2) is 42.5 Å². The van der Waals surface area contributed by atoms with Crippen molar-refractivity contribution in [3.05, 3.63) is 48.1 Å². The molecule has 3 fully saturated rings. The second kappa shape index (κ2) is 5.45. The maximum atomic E-state index is 12.6. The van der Waals surface area contributed by atoms with Crippen molar-refractivity contribution in [3.8, 4) is 5.75 Å². The molecule has 2 heterocycles. The van der Waals surface area contributed by atoms with Crippen LogP contribution in [0.5, 0.6) is 5.75 Å². The lowest BCUT2D eigenvalue weighted by Gasteiger charge is -2.26. The topological polar surface area (TPSA) is 67.9 Å². The summed E-state index contributed by atoms with van der Waals surface area (Å²) in [5.74, 6) is 0.408. The molecule has 1 saturated heterocycles. The van der Waals surface area contributed by atoms with Crippen molar-refractivity contribution in [1.82, 2.24) is 10.4 Å². The van der Waals surface area contributed by atoms with Gasteiger partial charge in [0.25, 0.3) is 0 Å². The van der Waals surface area contributed by atoms with Gasteiger partial charge < -0.3 is 4.74 Å². The van der Waals surface area contributed by atoms with Crippen LogP contribution >= 0.6 is 0 Å². The molecule has 1 aromatic rings. The molecule has 5 rings (SSSR count). The summed E-state index contributed by atoms with van der Waals surface area (Å²) >= 11 is 0. The number of carbonyl (C=O) groups excluding carboxylic acids is 2. The highest BCUT2D eigenvalue weighted by atomic mass is 16.7. The first-order valence-electron chi connectivity index (χ1n) is 8.93. The van der Waals surface area contributed by atoms with Crippen LogP contribution in [0.2, 0.25) is 0 Å². The molecule has 2 amide bonds. The van der Waals surface area contributed by atoms with Crippen molar-refractivity contribution in [2.24, 2.45) is 23.7 Å². The fourth-order valence-electron chi connectivity index (χ4n) is 5.15. The van der Waals surface area contributed by atoms with Gasteiger partial charge >= 0.3 is 0 Å². The standard InChI is InChI=1S/C20H20N2O4/c1-3-8-25-11-6-4-10(5-7-11)17-16-12-9-13(18(16)26-21-17)15-14(12)19(23)22(2)20(15)24/h3-7,12-15,18,21H,1,8-9H2,2H3/t12-,13+,14-,15+,18+/m0/s1. The van der Waals surface area contributed by atoms with E-state index in [1.807, 2.05) is 24.3 Å². The molecule has 26 heavy (non-hydrogen) atoms. The first-order chi connectivity index (χ1) is 12.6. The minimum absolute atomic E-state index is 0.0436. The van der Waals surface area contributed by atoms with E-state index in [2.05, 4.69) is 12.1 Å². The van der Waals surface area contributed by atoms with E-state index in [-0.39, 0.29) is 41.6 Å². The molecule has 2 bridgehead atoms.